The Kier molecular flexibility index (Phi) is 6.09. The molecule has 0 spiro atoms. The highest BCUT2D eigenvalue weighted by molar-refractivity contribution is 5.79. The summed E-state index contributed by atoms with van der Waals surface area (Å²) in [6.07, 6.45) is -5.09. The molecule has 0 amide bonds. The smallest absolute Gasteiger partial charge is 0.416 e. The average molecular weight is 382 g/mol. The molecular formula is C19H17F3O5. The summed E-state index contributed by atoms with van der Waals surface area (Å²) >= 11 is 0. The molecule has 0 saturated heterocycles. The number of carboxylic acid groups (broad SMARTS) is 2. The number of hydrogen-bond acceptors (Lipinski definition) is 3. The Labute approximate surface area is 153 Å². The van der Waals surface area contributed by atoms with Crippen molar-refractivity contribution in [1.82, 2.24) is 0 Å². The highest BCUT2D eigenvalue weighted by Gasteiger charge is 2.34. The Morgan fingerprint density at radius 1 is 0.963 bits per heavy atom. The van der Waals surface area contributed by atoms with Crippen molar-refractivity contribution in [3.05, 3.63) is 65.2 Å². The van der Waals surface area contributed by atoms with E-state index in [0.29, 0.717) is 11.3 Å². The van der Waals surface area contributed by atoms with Crippen molar-refractivity contribution in [2.75, 3.05) is 7.11 Å². The second-order valence-electron chi connectivity index (χ2n) is 5.91. The fourth-order valence-electron chi connectivity index (χ4n) is 2.89. The summed E-state index contributed by atoms with van der Waals surface area (Å²) in [5.41, 5.74) is -0.361. The normalized spacial score (nSPS) is 13.6. The fraction of sp³-hybridized carbons (Fsp3) is 0.263. The SMILES string of the molecule is COc1ccc(C(C(=O)O)C(CC(=O)O)c2ccc(C(F)(F)F)cc2)cc1. The number of aliphatic carboxylic acids is 2. The summed E-state index contributed by atoms with van der Waals surface area (Å²) in [6, 6.07) is 9.94. The van der Waals surface area contributed by atoms with Gasteiger partial charge in [-0.3, -0.25) is 9.59 Å². The van der Waals surface area contributed by atoms with Gasteiger partial charge in [0.25, 0.3) is 0 Å². The topological polar surface area (TPSA) is 83.8 Å². The van der Waals surface area contributed by atoms with Crippen LogP contribution in [0, 0.1) is 0 Å². The van der Waals surface area contributed by atoms with Crippen molar-refractivity contribution in [1.29, 1.82) is 0 Å². The van der Waals surface area contributed by atoms with Crippen LogP contribution in [0.2, 0.25) is 0 Å². The maximum atomic E-state index is 12.8. The Morgan fingerprint density at radius 2 is 1.48 bits per heavy atom. The van der Waals surface area contributed by atoms with Gasteiger partial charge >= 0.3 is 18.1 Å². The molecule has 0 bridgehead atoms. The van der Waals surface area contributed by atoms with Gasteiger partial charge in [0.2, 0.25) is 0 Å². The van der Waals surface area contributed by atoms with Gasteiger partial charge < -0.3 is 14.9 Å². The molecule has 0 aliphatic carbocycles. The second-order valence-corrected chi connectivity index (χ2v) is 5.91. The molecule has 2 aromatic carbocycles. The molecule has 8 heteroatoms. The number of halogens is 3. The molecule has 2 unspecified atom stereocenters. The van der Waals surface area contributed by atoms with Crippen molar-refractivity contribution >= 4 is 11.9 Å². The molecule has 0 aliphatic heterocycles. The van der Waals surface area contributed by atoms with E-state index in [4.69, 9.17) is 4.74 Å². The Balaban J connectivity index is 2.47. The summed E-state index contributed by atoms with van der Waals surface area (Å²) in [6.45, 7) is 0. The number of ether oxygens (including phenoxy) is 1. The second kappa shape index (κ2) is 8.11. The number of benzene rings is 2. The lowest BCUT2D eigenvalue weighted by Crippen LogP contribution is -2.23. The monoisotopic (exact) mass is 382 g/mol. The molecule has 27 heavy (non-hydrogen) atoms. The highest BCUT2D eigenvalue weighted by Crippen LogP contribution is 2.38. The molecule has 2 atom stereocenters. The molecule has 2 aromatic rings. The van der Waals surface area contributed by atoms with Crippen molar-refractivity contribution in [3.63, 3.8) is 0 Å². The quantitative estimate of drug-likeness (QED) is 0.752. The zero-order valence-electron chi connectivity index (χ0n) is 14.2. The van der Waals surface area contributed by atoms with E-state index < -0.39 is 41.9 Å². The lowest BCUT2D eigenvalue weighted by molar-refractivity contribution is -0.141. The molecule has 2 rings (SSSR count). The van der Waals surface area contributed by atoms with Crippen LogP contribution >= 0.6 is 0 Å². The first-order chi connectivity index (χ1) is 12.6. The highest BCUT2D eigenvalue weighted by atomic mass is 19.4. The third-order valence-electron chi connectivity index (χ3n) is 4.20. The summed E-state index contributed by atoms with van der Waals surface area (Å²) in [5.74, 6) is -4.32. The van der Waals surface area contributed by atoms with Crippen molar-refractivity contribution in [2.24, 2.45) is 0 Å². The number of carbonyl (C=O) groups is 2. The minimum Gasteiger partial charge on any atom is -0.497 e. The van der Waals surface area contributed by atoms with Crippen LogP contribution in [0.3, 0.4) is 0 Å². The first kappa shape index (κ1) is 20.3. The Hall–Kier alpha value is -3.03. The zero-order chi connectivity index (χ0) is 20.2. The summed E-state index contributed by atoms with van der Waals surface area (Å²) < 4.78 is 43.3. The van der Waals surface area contributed by atoms with Gasteiger partial charge in [-0.2, -0.15) is 13.2 Å². The zero-order valence-corrected chi connectivity index (χ0v) is 14.2. The third-order valence-corrected chi connectivity index (χ3v) is 4.20. The minimum atomic E-state index is -4.54. The third kappa shape index (κ3) is 4.99. The van der Waals surface area contributed by atoms with Gasteiger partial charge in [0, 0.05) is 5.92 Å². The lowest BCUT2D eigenvalue weighted by atomic mass is 9.79. The van der Waals surface area contributed by atoms with Crippen molar-refractivity contribution in [3.8, 4) is 5.75 Å². The van der Waals surface area contributed by atoms with Crippen LogP contribution in [0.1, 0.15) is 34.9 Å². The van der Waals surface area contributed by atoms with Gasteiger partial charge in [0.05, 0.1) is 25.0 Å². The molecule has 0 fully saturated rings. The maximum absolute atomic E-state index is 12.8. The first-order valence-corrected chi connectivity index (χ1v) is 7.89. The Bertz CT molecular complexity index is 798. The van der Waals surface area contributed by atoms with Gasteiger partial charge in [-0.15, -0.1) is 0 Å². The van der Waals surface area contributed by atoms with E-state index in [9.17, 15) is 33.0 Å². The molecule has 0 aromatic heterocycles. The van der Waals surface area contributed by atoms with E-state index in [1.807, 2.05) is 0 Å². The summed E-state index contributed by atoms with van der Waals surface area (Å²) in [4.78, 5) is 23.1. The molecular weight excluding hydrogens is 365 g/mol. The van der Waals surface area contributed by atoms with Crippen LogP contribution in [0.5, 0.6) is 5.75 Å². The minimum absolute atomic E-state index is 0.202. The Morgan fingerprint density at radius 3 is 1.89 bits per heavy atom. The van der Waals surface area contributed by atoms with Crippen LogP contribution < -0.4 is 4.74 Å². The largest absolute Gasteiger partial charge is 0.497 e. The predicted molar refractivity (Wildman–Crippen MR) is 89.8 cm³/mol. The van der Waals surface area contributed by atoms with Gasteiger partial charge in [-0.1, -0.05) is 24.3 Å². The van der Waals surface area contributed by atoms with E-state index in [1.165, 1.54) is 31.4 Å². The lowest BCUT2D eigenvalue weighted by Gasteiger charge is -2.24. The molecule has 144 valence electrons. The van der Waals surface area contributed by atoms with Gasteiger partial charge in [-0.05, 0) is 35.4 Å². The molecule has 0 heterocycles. The first-order valence-electron chi connectivity index (χ1n) is 7.89. The standard InChI is InChI=1S/C19H17F3O5/c1-27-14-8-4-12(5-9-14)17(18(25)26)15(10-16(23)24)11-2-6-13(7-3-11)19(20,21)22/h2-9,15,17H,10H2,1H3,(H,23,24)(H,25,26). The predicted octanol–water partition coefficient (Wildman–Crippen LogP) is 4.14. The summed E-state index contributed by atoms with van der Waals surface area (Å²) in [5, 5.41) is 18.9. The van der Waals surface area contributed by atoms with E-state index in [1.54, 1.807) is 0 Å². The number of hydrogen-bond donors (Lipinski definition) is 2. The molecule has 0 radical (unpaired) electrons. The van der Waals surface area contributed by atoms with Crippen LogP contribution in [-0.4, -0.2) is 29.3 Å². The van der Waals surface area contributed by atoms with E-state index >= 15 is 0 Å². The van der Waals surface area contributed by atoms with Gasteiger partial charge in [0.1, 0.15) is 5.75 Å². The van der Waals surface area contributed by atoms with Gasteiger partial charge in [-0.25, -0.2) is 0 Å². The number of carboxylic acids is 2. The number of rotatable bonds is 7. The van der Waals surface area contributed by atoms with Crippen molar-refractivity contribution < 1.29 is 37.7 Å². The van der Waals surface area contributed by atoms with Crippen LogP contribution in [0.4, 0.5) is 13.2 Å². The van der Waals surface area contributed by atoms with E-state index in [-0.39, 0.29) is 5.56 Å². The van der Waals surface area contributed by atoms with Gasteiger partial charge in [0.15, 0.2) is 0 Å². The molecule has 0 aliphatic rings. The molecule has 0 saturated carbocycles. The number of alkyl halides is 3. The van der Waals surface area contributed by atoms with E-state index in [0.717, 1.165) is 24.3 Å². The van der Waals surface area contributed by atoms with Crippen LogP contribution in [0.15, 0.2) is 48.5 Å². The molecule has 2 N–H and O–H groups in total. The van der Waals surface area contributed by atoms with Crippen LogP contribution in [-0.2, 0) is 15.8 Å². The fourth-order valence-corrected chi connectivity index (χ4v) is 2.89. The maximum Gasteiger partial charge on any atom is 0.416 e. The van der Waals surface area contributed by atoms with Crippen molar-refractivity contribution in [2.45, 2.75) is 24.4 Å². The molecule has 5 nitrogen and oxygen atoms in total. The van der Waals surface area contributed by atoms with Crippen LogP contribution in [0.25, 0.3) is 0 Å². The number of methoxy groups -OCH3 is 1. The summed E-state index contributed by atoms with van der Waals surface area (Å²) in [7, 11) is 1.44. The van der Waals surface area contributed by atoms with E-state index in [2.05, 4.69) is 0 Å². The average Bonchev–Trinajstić information content (AvgIpc) is 2.60.